The van der Waals surface area contributed by atoms with Crippen molar-refractivity contribution < 1.29 is 27.1 Å². The zero-order valence-corrected chi connectivity index (χ0v) is 30.6. The average Bonchev–Trinajstić information content (AvgIpc) is 3.28. The summed E-state index contributed by atoms with van der Waals surface area (Å²) < 4.78 is 46.5. The van der Waals surface area contributed by atoms with Gasteiger partial charge in [-0.2, -0.15) is 4.72 Å². The first-order valence-corrected chi connectivity index (χ1v) is 19.9. The third-order valence-electron chi connectivity index (χ3n) is 8.76. The third-order valence-corrected chi connectivity index (χ3v) is 16.7. The molecule has 0 saturated carbocycles. The van der Waals surface area contributed by atoms with Crippen LogP contribution in [0.25, 0.3) is 0 Å². The van der Waals surface area contributed by atoms with Crippen molar-refractivity contribution in [1.82, 2.24) is 4.72 Å². The van der Waals surface area contributed by atoms with E-state index in [1.807, 2.05) is 12.1 Å². The van der Waals surface area contributed by atoms with E-state index in [0.717, 1.165) is 34.6 Å². The molecule has 0 fully saturated rings. The van der Waals surface area contributed by atoms with Crippen molar-refractivity contribution in [2.45, 2.75) is 116 Å². The second kappa shape index (κ2) is 13.5. The van der Waals surface area contributed by atoms with Crippen molar-refractivity contribution in [3.63, 3.8) is 0 Å². The van der Waals surface area contributed by atoms with E-state index >= 15 is 0 Å². The van der Waals surface area contributed by atoms with Gasteiger partial charge in [0.05, 0.1) is 13.2 Å². The molecule has 2 rings (SSSR count). The Labute approximate surface area is 259 Å². The van der Waals surface area contributed by atoms with Gasteiger partial charge in [0.2, 0.25) is 0 Å². The van der Waals surface area contributed by atoms with E-state index in [-0.39, 0.29) is 26.2 Å². The Morgan fingerprint density at radius 1 is 1.00 bits per heavy atom. The normalized spacial score (nSPS) is 14.1. The molecule has 7 nitrogen and oxygen atoms in total. The fraction of sp³-hybridized carbons (Fsp3) is 0.656. The quantitative estimate of drug-likeness (QED) is 0.178. The van der Waals surface area contributed by atoms with Gasteiger partial charge >= 0.3 is 5.97 Å². The second-order valence-electron chi connectivity index (χ2n) is 13.8. The van der Waals surface area contributed by atoms with Gasteiger partial charge < -0.3 is 13.9 Å². The van der Waals surface area contributed by atoms with Crippen LogP contribution in [0.1, 0.15) is 89.8 Å². The molecule has 1 heterocycles. The number of thiophene rings is 1. The molecular weight excluding hydrogens is 587 g/mol. The van der Waals surface area contributed by atoms with Crippen LogP contribution >= 0.6 is 11.3 Å². The van der Waals surface area contributed by atoms with Gasteiger partial charge in [-0.25, -0.2) is 8.42 Å². The third kappa shape index (κ3) is 8.25. The number of carbonyl (C=O) groups excluding carboxylic acids is 1. The molecule has 1 atom stereocenters. The number of carbonyl (C=O) groups is 1. The standard InChI is InChI=1S/C32H53NO6S2Si/c1-14-32(15-2,27-19-23(4)29(40-27)41(35,36)33-20-28(34)37-11)24-16-17-25(22(3)18-24)38-21-26(30(5,6)7)39-42(12,13)31(8,9)10/h16-19,26,33H,14-15,20-21H2,1-13H3. The fourth-order valence-corrected chi connectivity index (χ4v) is 9.23. The molecule has 0 amide bonds. The molecule has 0 aliphatic heterocycles. The summed E-state index contributed by atoms with van der Waals surface area (Å²) in [7, 11) is -4.62. The van der Waals surface area contributed by atoms with Crippen LogP contribution in [0.2, 0.25) is 18.1 Å². The lowest BCUT2D eigenvalue weighted by Crippen LogP contribution is -2.49. The van der Waals surface area contributed by atoms with Crippen LogP contribution < -0.4 is 9.46 Å². The van der Waals surface area contributed by atoms with E-state index in [1.54, 1.807) is 6.92 Å². The number of rotatable bonds is 13. The largest absolute Gasteiger partial charge is 0.491 e. The Morgan fingerprint density at radius 2 is 1.60 bits per heavy atom. The van der Waals surface area contributed by atoms with Crippen LogP contribution in [0, 0.1) is 19.3 Å². The van der Waals surface area contributed by atoms with Crippen LogP contribution in [-0.4, -0.2) is 49.1 Å². The molecular formula is C32H53NO6S2Si. The summed E-state index contributed by atoms with van der Waals surface area (Å²) in [6.07, 6.45) is 1.54. The van der Waals surface area contributed by atoms with Gasteiger partial charge in [0.25, 0.3) is 10.0 Å². The van der Waals surface area contributed by atoms with Gasteiger partial charge in [-0.05, 0) is 79.1 Å². The van der Waals surface area contributed by atoms with Gasteiger partial charge in [0, 0.05) is 10.3 Å². The zero-order chi connectivity index (χ0) is 32.3. The van der Waals surface area contributed by atoms with Crippen LogP contribution in [0.3, 0.4) is 0 Å². The predicted octanol–water partition coefficient (Wildman–Crippen LogP) is 7.74. The average molecular weight is 640 g/mol. The molecule has 1 N–H and O–H groups in total. The lowest BCUT2D eigenvalue weighted by atomic mass is 9.74. The molecule has 238 valence electrons. The van der Waals surface area contributed by atoms with E-state index in [9.17, 15) is 13.2 Å². The van der Waals surface area contributed by atoms with Crippen molar-refractivity contribution in [2.24, 2.45) is 5.41 Å². The first-order valence-electron chi connectivity index (χ1n) is 14.7. The molecule has 0 radical (unpaired) electrons. The number of hydrogen-bond acceptors (Lipinski definition) is 7. The van der Waals surface area contributed by atoms with Crippen LogP contribution in [0.4, 0.5) is 0 Å². The maximum atomic E-state index is 13.0. The van der Waals surface area contributed by atoms with Crippen molar-refractivity contribution >= 4 is 35.6 Å². The Bertz CT molecular complexity index is 1330. The summed E-state index contributed by atoms with van der Waals surface area (Å²) in [6, 6.07) is 8.28. The molecule has 2 aromatic rings. The van der Waals surface area contributed by atoms with E-state index in [1.165, 1.54) is 18.4 Å². The van der Waals surface area contributed by atoms with E-state index in [0.29, 0.717) is 12.2 Å². The van der Waals surface area contributed by atoms with E-state index in [2.05, 4.69) is 97.0 Å². The van der Waals surface area contributed by atoms with Crippen molar-refractivity contribution in [3.8, 4) is 5.75 Å². The highest BCUT2D eigenvalue weighted by atomic mass is 32.2. The molecule has 1 aromatic heterocycles. The Balaban J connectivity index is 2.39. The molecule has 0 saturated heterocycles. The SMILES string of the molecule is CCC(CC)(c1ccc(OCC(O[Si](C)(C)C(C)(C)C)C(C)(C)C)c(C)c1)c1cc(C)c(S(=O)(=O)NCC(=O)OC)s1. The van der Waals surface area contributed by atoms with Gasteiger partial charge in [-0.1, -0.05) is 67.5 Å². The minimum Gasteiger partial charge on any atom is -0.491 e. The number of aryl methyl sites for hydroxylation is 2. The number of ether oxygens (including phenoxy) is 2. The van der Waals surface area contributed by atoms with Gasteiger partial charge in [0.1, 0.15) is 23.1 Å². The lowest BCUT2D eigenvalue weighted by Gasteiger charge is -2.43. The monoisotopic (exact) mass is 639 g/mol. The Kier molecular flexibility index (Phi) is 11.7. The summed E-state index contributed by atoms with van der Waals surface area (Å²) in [6.45, 7) is 26.1. The van der Waals surface area contributed by atoms with E-state index < -0.39 is 30.9 Å². The highest BCUT2D eigenvalue weighted by Crippen LogP contribution is 2.45. The van der Waals surface area contributed by atoms with Crippen LogP contribution in [0.5, 0.6) is 5.75 Å². The second-order valence-corrected chi connectivity index (χ2v) is 21.6. The maximum absolute atomic E-state index is 13.0. The van der Waals surface area contributed by atoms with Gasteiger partial charge in [0.15, 0.2) is 8.32 Å². The minimum atomic E-state index is -3.86. The predicted molar refractivity (Wildman–Crippen MR) is 176 cm³/mol. The Hall–Kier alpha value is -1.72. The summed E-state index contributed by atoms with van der Waals surface area (Å²) in [5.74, 6) is 0.188. The molecule has 1 aromatic carbocycles. The van der Waals surface area contributed by atoms with Gasteiger partial charge in [-0.15, -0.1) is 11.3 Å². The van der Waals surface area contributed by atoms with E-state index in [4.69, 9.17) is 9.16 Å². The molecule has 10 heteroatoms. The number of hydrogen-bond donors (Lipinski definition) is 1. The van der Waals surface area contributed by atoms with Crippen molar-refractivity contribution in [3.05, 3.63) is 45.8 Å². The van der Waals surface area contributed by atoms with Crippen molar-refractivity contribution in [1.29, 1.82) is 0 Å². The zero-order valence-electron chi connectivity index (χ0n) is 28.0. The summed E-state index contributed by atoms with van der Waals surface area (Å²) in [5, 5.41) is 0.106. The number of benzene rings is 1. The summed E-state index contributed by atoms with van der Waals surface area (Å²) in [4.78, 5) is 12.5. The van der Waals surface area contributed by atoms with Crippen LogP contribution in [0.15, 0.2) is 28.5 Å². The maximum Gasteiger partial charge on any atom is 0.320 e. The summed E-state index contributed by atoms with van der Waals surface area (Å²) in [5.41, 5.74) is 2.36. The first-order chi connectivity index (χ1) is 19.1. The van der Waals surface area contributed by atoms with Crippen LogP contribution in [-0.2, 0) is 29.4 Å². The number of sulfonamides is 1. The number of methoxy groups -OCH3 is 1. The smallest absolute Gasteiger partial charge is 0.320 e. The molecule has 0 spiro atoms. The molecule has 0 bridgehead atoms. The highest BCUT2D eigenvalue weighted by Gasteiger charge is 2.42. The minimum absolute atomic E-state index is 0.0508. The molecule has 0 aliphatic rings. The Morgan fingerprint density at radius 3 is 2.07 bits per heavy atom. The number of esters is 1. The first kappa shape index (κ1) is 36.5. The number of nitrogens with one attached hydrogen (secondary N) is 1. The molecule has 42 heavy (non-hydrogen) atoms. The fourth-order valence-electron chi connectivity index (χ4n) is 4.68. The highest BCUT2D eigenvalue weighted by molar-refractivity contribution is 7.91. The molecule has 1 unspecified atom stereocenters. The lowest BCUT2D eigenvalue weighted by molar-refractivity contribution is -0.139. The summed E-state index contributed by atoms with van der Waals surface area (Å²) >= 11 is 1.26. The molecule has 0 aliphatic carbocycles. The topological polar surface area (TPSA) is 90.9 Å². The van der Waals surface area contributed by atoms with Gasteiger partial charge in [-0.3, -0.25) is 4.79 Å². The van der Waals surface area contributed by atoms with Crippen molar-refractivity contribution in [2.75, 3.05) is 20.3 Å².